The Morgan fingerprint density at radius 3 is 2.60 bits per heavy atom. The molecule has 0 spiro atoms. The third-order valence-corrected chi connectivity index (χ3v) is 6.99. The van der Waals surface area contributed by atoms with Crippen molar-refractivity contribution in [3.05, 3.63) is 53.7 Å². The van der Waals surface area contributed by atoms with Crippen LogP contribution in [0.2, 0.25) is 0 Å². The summed E-state index contributed by atoms with van der Waals surface area (Å²) in [6, 6.07) is 6.02. The van der Waals surface area contributed by atoms with E-state index in [-0.39, 0.29) is 24.9 Å². The number of sulfonamides is 1. The molecule has 10 heteroatoms. The zero-order valence-corrected chi connectivity index (χ0v) is 17.6. The number of hydrogen-bond donors (Lipinski definition) is 1. The van der Waals surface area contributed by atoms with Crippen molar-refractivity contribution in [3.8, 4) is 0 Å². The molecule has 3 rings (SSSR count). The lowest BCUT2D eigenvalue weighted by Gasteiger charge is -2.30. The first-order valence-electron chi connectivity index (χ1n) is 9.54. The van der Waals surface area contributed by atoms with Crippen molar-refractivity contribution in [2.24, 2.45) is 5.92 Å². The topological polar surface area (TPSA) is 82.6 Å². The molecule has 1 amide bonds. The Hall–Kier alpha value is -2.59. The lowest BCUT2D eigenvalue weighted by Crippen LogP contribution is -2.43. The highest BCUT2D eigenvalue weighted by Gasteiger charge is 2.33. The van der Waals surface area contributed by atoms with Gasteiger partial charge in [0.2, 0.25) is 15.9 Å². The van der Waals surface area contributed by atoms with Gasteiger partial charge in [0.1, 0.15) is 22.3 Å². The molecule has 0 unspecified atom stereocenters. The number of nitrogens with one attached hydrogen (secondary N) is 1. The SMILES string of the molecule is CN(C)c1ncccc1CNC(=O)C1CCN(S(=O)(=O)c2cc(F)ccc2F)CC1. The van der Waals surface area contributed by atoms with Gasteiger partial charge in [0.05, 0.1) is 0 Å². The number of pyridine rings is 1. The summed E-state index contributed by atoms with van der Waals surface area (Å²) in [4.78, 5) is 18.0. The van der Waals surface area contributed by atoms with Crippen molar-refractivity contribution in [2.75, 3.05) is 32.1 Å². The molecule has 1 aliphatic rings. The maximum absolute atomic E-state index is 13.9. The first-order chi connectivity index (χ1) is 14.2. The number of carbonyl (C=O) groups excluding carboxylic acids is 1. The lowest BCUT2D eigenvalue weighted by molar-refractivity contribution is -0.126. The Balaban J connectivity index is 1.60. The second-order valence-corrected chi connectivity index (χ2v) is 9.26. The molecule has 1 aliphatic heterocycles. The Labute approximate surface area is 174 Å². The third-order valence-electron chi connectivity index (χ3n) is 5.08. The van der Waals surface area contributed by atoms with E-state index in [4.69, 9.17) is 0 Å². The molecule has 1 fully saturated rings. The number of rotatable bonds is 6. The maximum Gasteiger partial charge on any atom is 0.246 e. The smallest absolute Gasteiger partial charge is 0.246 e. The average molecular weight is 439 g/mol. The van der Waals surface area contributed by atoms with Gasteiger partial charge in [-0.2, -0.15) is 4.31 Å². The summed E-state index contributed by atoms with van der Waals surface area (Å²) < 4.78 is 53.7. The highest BCUT2D eigenvalue weighted by molar-refractivity contribution is 7.89. The summed E-state index contributed by atoms with van der Waals surface area (Å²) in [5.74, 6) is -1.58. The largest absolute Gasteiger partial charge is 0.362 e. The third kappa shape index (κ3) is 4.76. The van der Waals surface area contributed by atoms with Crippen LogP contribution in [0.4, 0.5) is 14.6 Å². The van der Waals surface area contributed by atoms with Gasteiger partial charge in [-0.1, -0.05) is 6.07 Å². The number of benzene rings is 1. The van der Waals surface area contributed by atoms with Crippen molar-refractivity contribution < 1.29 is 22.0 Å². The van der Waals surface area contributed by atoms with Crippen LogP contribution in [0.25, 0.3) is 0 Å². The number of carbonyl (C=O) groups is 1. The van der Waals surface area contributed by atoms with Gasteiger partial charge in [0, 0.05) is 51.4 Å². The molecule has 1 aromatic carbocycles. The molecule has 2 heterocycles. The van der Waals surface area contributed by atoms with Crippen LogP contribution in [-0.4, -0.2) is 50.8 Å². The highest BCUT2D eigenvalue weighted by atomic mass is 32.2. The van der Waals surface area contributed by atoms with Crippen LogP contribution < -0.4 is 10.2 Å². The molecule has 0 aliphatic carbocycles. The fourth-order valence-electron chi connectivity index (χ4n) is 3.47. The van der Waals surface area contributed by atoms with E-state index in [2.05, 4.69) is 10.3 Å². The second-order valence-electron chi connectivity index (χ2n) is 7.35. The molecule has 0 saturated carbocycles. The van der Waals surface area contributed by atoms with Crippen LogP contribution in [0, 0.1) is 17.6 Å². The zero-order valence-electron chi connectivity index (χ0n) is 16.8. The van der Waals surface area contributed by atoms with Gasteiger partial charge >= 0.3 is 0 Å². The minimum absolute atomic E-state index is 0.0617. The number of amides is 1. The minimum atomic E-state index is -4.16. The Kier molecular flexibility index (Phi) is 6.67. The molecule has 30 heavy (non-hydrogen) atoms. The number of anilines is 1. The molecule has 2 aromatic rings. The van der Waals surface area contributed by atoms with E-state index in [1.165, 1.54) is 0 Å². The molecule has 0 atom stereocenters. The second kappa shape index (κ2) is 9.05. The van der Waals surface area contributed by atoms with E-state index in [1.807, 2.05) is 25.1 Å². The molecule has 1 aromatic heterocycles. The fraction of sp³-hybridized carbons (Fsp3) is 0.400. The van der Waals surface area contributed by atoms with Crippen molar-refractivity contribution in [3.63, 3.8) is 0 Å². The van der Waals surface area contributed by atoms with Gasteiger partial charge < -0.3 is 10.2 Å². The predicted molar refractivity (Wildman–Crippen MR) is 108 cm³/mol. The van der Waals surface area contributed by atoms with Gasteiger partial charge in [-0.3, -0.25) is 4.79 Å². The normalized spacial score (nSPS) is 15.7. The van der Waals surface area contributed by atoms with Gasteiger partial charge in [-0.05, 0) is 37.1 Å². The van der Waals surface area contributed by atoms with Crippen molar-refractivity contribution in [1.82, 2.24) is 14.6 Å². The Bertz CT molecular complexity index is 1020. The zero-order chi connectivity index (χ0) is 21.9. The minimum Gasteiger partial charge on any atom is -0.362 e. The lowest BCUT2D eigenvalue weighted by atomic mass is 9.97. The van der Waals surface area contributed by atoms with E-state index in [0.29, 0.717) is 25.5 Å². The van der Waals surface area contributed by atoms with Crippen LogP contribution in [-0.2, 0) is 21.4 Å². The van der Waals surface area contributed by atoms with Crippen LogP contribution in [0.1, 0.15) is 18.4 Å². The van der Waals surface area contributed by atoms with E-state index in [1.54, 1.807) is 12.3 Å². The van der Waals surface area contributed by atoms with Crippen LogP contribution >= 0.6 is 0 Å². The van der Waals surface area contributed by atoms with Crippen molar-refractivity contribution >= 4 is 21.7 Å². The van der Waals surface area contributed by atoms with Gasteiger partial charge in [0.15, 0.2) is 0 Å². The molecular formula is C20H24F2N4O3S. The Morgan fingerprint density at radius 2 is 1.93 bits per heavy atom. The highest BCUT2D eigenvalue weighted by Crippen LogP contribution is 2.26. The molecule has 1 N–H and O–H groups in total. The standard InChI is InChI=1S/C20H24F2N4O3S/c1-25(2)19-15(4-3-9-23-19)13-24-20(27)14-7-10-26(11-8-14)30(28,29)18-12-16(21)5-6-17(18)22/h3-6,9,12,14H,7-8,10-11,13H2,1-2H3,(H,24,27). The summed E-state index contributed by atoms with van der Waals surface area (Å²) in [6.45, 7) is 0.436. The number of halogens is 2. The first-order valence-corrected chi connectivity index (χ1v) is 11.0. The summed E-state index contributed by atoms with van der Waals surface area (Å²) in [7, 11) is -0.429. The van der Waals surface area contributed by atoms with Crippen molar-refractivity contribution in [1.29, 1.82) is 0 Å². The quantitative estimate of drug-likeness (QED) is 0.747. The predicted octanol–water partition coefficient (Wildman–Crippen LogP) is 2.14. The molecule has 0 radical (unpaired) electrons. The average Bonchev–Trinajstić information content (AvgIpc) is 2.73. The maximum atomic E-state index is 13.9. The van der Waals surface area contributed by atoms with E-state index in [9.17, 15) is 22.0 Å². The molecular weight excluding hydrogens is 414 g/mol. The van der Waals surface area contributed by atoms with Gasteiger partial charge in [0.25, 0.3) is 0 Å². The number of nitrogens with zero attached hydrogens (tertiary/aromatic N) is 3. The number of aromatic nitrogens is 1. The first kappa shape index (κ1) is 22.1. The molecule has 1 saturated heterocycles. The van der Waals surface area contributed by atoms with E-state index >= 15 is 0 Å². The van der Waals surface area contributed by atoms with Crippen molar-refractivity contribution in [2.45, 2.75) is 24.3 Å². The van der Waals surface area contributed by atoms with E-state index in [0.717, 1.165) is 27.8 Å². The van der Waals surface area contributed by atoms with Gasteiger partial charge in [-0.25, -0.2) is 22.2 Å². The number of piperidine rings is 1. The van der Waals surface area contributed by atoms with Crippen LogP contribution in [0.15, 0.2) is 41.4 Å². The molecule has 162 valence electrons. The Morgan fingerprint density at radius 1 is 1.23 bits per heavy atom. The summed E-state index contributed by atoms with van der Waals surface area (Å²) in [5, 5.41) is 2.88. The monoisotopic (exact) mass is 438 g/mol. The van der Waals surface area contributed by atoms with Gasteiger partial charge in [-0.15, -0.1) is 0 Å². The summed E-state index contributed by atoms with van der Waals surface area (Å²) in [5.41, 5.74) is 0.873. The summed E-state index contributed by atoms with van der Waals surface area (Å²) in [6.07, 6.45) is 2.28. The summed E-state index contributed by atoms with van der Waals surface area (Å²) >= 11 is 0. The fourth-order valence-corrected chi connectivity index (χ4v) is 5.02. The van der Waals surface area contributed by atoms with E-state index < -0.39 is 26.6 Å². The van der Waals surface area contributed by atoms with Crippen LogP contribution in [0.5, 0.6) is 0 Å². The molecule has 0 bridgehead atoms. The molecule has 7 nitrogen and oxygen atoms in total. The van der Waals surface area contributed by atoms with Crippen LogP contribution in [0.3, 0.4) is 0 Å². The number of hydrogen-bond acceptors (Lipinski definition) is 5.